The molecule has 1 N–H and O–H groups in total. The summed E-state index contributed by atoms with van der Waals surface area (Å²) in [7, 11) is 1.55. The van der Waals surface area contributed by atoms with E-state index in [2.05, 4.69) is 9.88 Å². The van der Waals surface area contributed by atoms with Gasteiger partial charge in [-0.3, -0.25) is 9.69 Å². The standard InChI is InChI=1S/C19H23N3O3/c1-25-18-8-7-16(13-20-18)19(24)22-11-9-21(10-12-22)14-17(23)15-5-3-2-4-6-15/h2-8,13,17,23H,9-12,14H2,1H3. The maximum atomic E-state index is 12.5. The molecule has 6 heteroatoms. The molecule has 1 atom stereocenters. The van der Waals surface area contributed by atoms with Gasteiger partial charge in [-0.05, 0) is 11.6 Å². The summed E-state index contributed by atoms with van der Waals surface area (Å²) in [6, 6.07) is 13.1. The van der Waals surface area contributed by atoms with Crippen LogP contribution in [0.15, 0.2) is 48.7 Å². The SMILES string of the molecule is COc1ccc(C(=O)N2CCN(CC(O)c3ccccc3)CC2)cn1. The van der Waals surface area contributed by atoms with Gasteiger partial charge in [0.25, 0.3) is 5.91 Å². The molecule has 25 heavy (non-hydrogen) atoms. The molecule has 0 radical (unpaired) electrons. The molecule has 1 amide bonds. The highest BCUT2D eigenvalue weighted by molar-refractivity contribution is 5.94. The molecule has 1 fully saturated rings. The van der Waals surface area contributed by atoms with Gasteiger partial charge in [0, 0.05) is 45.0 Å². The van der Waals surface area contributed by atoms with E-state index in [9.17, 15) is 9.90 Å². The zero-order chi connectivity index (χ0) is 17.6. The second kappa shape index (κ2) is 8.09. The number of methoxy groups -OCH3 is 1. The molecule has 3 rings (SSSR count). The first-order valence-electron chi connectivity index (χ1n) is 8.42. The first-order chi connectivity index (χ1) is 12.2. The van der Waals surface area contributed by atoms with E-state index in [1.54, 1.807) is 25.4 Å². The number of piperazine rings is 1. The smallest absolute Gasteiger partial charge is 0.255 e. The molecule has 1 unspecified atom stereocenters. The Morgan fingerprint density at radius 2 is 1.88 bits per heavy atom. The number of hydrogen-bond donors (Lipinski definition) is 1. The maximum absolute atomic E-state index is 12.5. The van der Waals surface area contributed by atoms with Crippen molar-refractivity contribution in [2.45, 2.75) is 6.10 Å². The number of benzene rings is 1. The molecule has 132 valence electrons. The summed E-state index contributed by atoms with van der Waals surface area (Å²) in [5.74, 6) is 0.481. The number of carbonyl (C=O) groups excluding carboxylic acids is 1. The summed E-state index contributed by atoms with van der Waals surface area (Å²) in [4.78, 5) is 20.6. The van der Waals surface area contributed by atoms with Gasteiger partial charge in [0.2, 0.25) is 5.88 Å². The molecule has 1 aliphatic rings. The Bertz CT molecular complexity index is 683. The number of nitrogens with zero attached hydrogens (tertiary/aromatic N) is 3. The first kappa shape index (κ1) is 17.4. The van der Waals surface area contributed by atoms with Crippen molar-refractivity contribution in [1.82, 2.24) is 14.8 Å². The Balaban J connectivity index is 1.51. The third-order valence-corrected chi connectivity index (χ3v) is 4.47. The van der Waals surface area contributed by atoms with Gasteiger partial charge in [-0.15, -0.1) is 0 Å². The third-order valence-electron chi connectivity index (χ3n) is 4.47. The predicted octanol–water partition coefficient (Wildman–Crippen LogP) is 1.58. The topological polar surface area (TPSA) is 65.9 Å². The van der Waals surface area contributed by atoms with Crippen LogP contribution in [0.5, 0.6) is 5.88 Å². The lowest BCUT2D eigenvalue weighted by Gasteiger charge is -2.35. The largest absolute Gasteiger partial charge is 0.481 e. The number of ether oxygens (including phenoxy) is 1. The number of aliphatic hydroxyl groups is 1. The van der Waals surface area contributed by atoms with Gasteiger partial charge < -0.3 is 14.7 Å². The average Bonchev–Trinajstić information content (AvgIpc) is 2.69. The molecule has 0 bridgehead atoms. The van der Waals surface area contributed by atoms with Gasteiger partial charge in [0.05, 0.1) is 18.8 Å². The number of aromatic nitrogens is 1. The molecule has 1 aromatic heterocycles. The summed E-state index contributed by atoms with van der Waals surface area (Å²) >= 11 is 0. The van der Waals surface area contributed by atoms with Gasteiger partial charge in [-0.1, -0.05) is 30.3 Å². The number of hydrogen-bond acceptors (Lipinski definition) is 5. The Kier molecular flexibility index (Phi) is 5.63. The van der Waals surface area contributed by atoms with Crippen LogP contribution in [-0.2, 0) is 0 Å². The van der Waals surface area contributed by atoms with Crippen molar-refractivity contribution in [2.24, 2.45) is 0 Å². The highest BCUT2D eigenvalue weighted by atomic mass is 16.5. The van der Waals surface area contributed by atoms with E-state index in [1.165, 1.54) is 0 Å². The summed E-state index contributed by atoms with van der Waals surface area (Å²) in [6.07, 6.45) is 1.04. The second-order valence-corrected chi connectivity index (χ2v) is 6.11. The van der Waals surface area contributed by atoms with E-state index in [0.29, 0.717) is 31.1 Å². The van der Waals surface area contributed by atoms with Crippen LogP contribution in [0.4, 0.5) is 0 Å². The Hall–Kier alpha value is -2.44. The first-order valence-corrected chi connectivity index (χ1v) is 8.42. The van der Waals surface area contributed by atoms with Crippen LogP contribution in [0.3, 0.4) is 0 Å². The lowest BCUT2D eigenvalue weighted by Crippen LogP contribution is -2.49. The molecule has 0 saturated carbocycles. The van der Waals surface area contributed by atoms with Crippen LogP contribution < -0.4 is 4.74 Å². The molecule has 1 aromatic carbocycles. The fourth-order valence-corrected chi connectivity index (χ4v) is 2.97. The second-order valence-electron chi connectivity index (χ2n) is 6.11. The Labute approximate surface area is 147 Å². The van der Waals surface area contributed by atoms with Crippen LogP contribution in [0, 0.1) is 0 Å². The van der Waals surface area contributed by atoms with E-state index in [1.807, 2.05) is 35.2 Å². The van der Waals surface area contributed by atoms with Crippen LogP contribution in [0.1, 0.15) is 22.0 Å². The summed E-state index contributed by atoms with van der Waals surface area (Å²) < 4.78 is 5.02. The number of amides is 1. The van der Waals surface area contributed by atoms with Crippen molar-refractivity contribution < 1.29 is 14.6 Å². The van der Waals surface area contributed by atoms with Crippen LogP contribution in [0.25, 0.3) is 0 Å². The van der Waals surface area contributed by atoms with E-state index < -0.39 is 6.10 Å². The molecule has 1 saturated heterocycles. The Morgan fingerprint density at radius 1 is 1.16 bits per heavy atom. The fraction of sp³-hybridized carbons (Fsp3) is 0.368. The maximum Gasteiger partial charge on any atom is 0.255 e. The zero-order valence-corrected chi connectivity index (χ0v) is 14.3. The third kappa shape index (κ3) is 4.35. The summed E-state index contributed by atoms with van der Waals surface area (Å²) in [6.45, 7) is 3.37. The van der Waals surface area contributed by atoms with Gasteiger partial charge in [-0.25, -0.2) is 4.98 Å². The van der Waals surface area contributed by atoms with E-state index in [-0.39, 0.29) is 5.91 Å². The minimum absolute atomic E-state index is 0.0154. The normalized spacial score (nSPS) is 16.5. The molecule has 0 aliphatic carbocycles. The molecule has 0 spiro atoms. The molecule has 1 aliphatic heterocycles. The molecular weight excluding hydrogens is 318 g/mol. The lowest BCUT2D eigenvalue weighted by atomic mass is 10.1. The molecule has 6 nitrogen and oxygen atoms in total. The van der Waals surface area contributed by atoms with Crippen molar-refractivity contribution in [3.8, 4) is 5.88 Å². The van der Waals surface area contributed by atoms with Crippen molar-refractivity contribution in [2.75, 3.05) is 39.8 Å². The van der Waals surface area contributed by atoms with Crippen LogP contribution >= 0.6 is 0 Å². The molecule has 2 heterocycles. The van der Waals surface area contributed by atoms with Gasteiger partial charge >= 0.3 is 0 Å². The van der Waals surface area contributed by atoms with Crippen molar-refractivity contribution in [1.29, 1.82) is 0 Å². The molecule has 2 aromatic rings. The highest BCUT2D eigenvalue weighted by Crippen LogP contribution is 2.16. The number of rotatable bonds is 5. The molecular formula is C19H23N3O3. The van der Waals surface area contributed by atoms with Gasteiger partial charge in [0.15, 0.2) is 0 Å². The monoisotopic (exact) mass is 341 g/mol. The van der Waals surface area contributed by atoms with Crippen molar-refractivity contribution in [3.63, 3.8) is 0 Å². The number of aliphatic hydroxyl groups excluding tert-OH is 1. The zero-order valence-electron chi connectivity index (χ0n) is 14.3. The van der Waals surface area contributed by atoms with Crippen molar-refractivity contribution in [3.05, 3.63) is 59.8 Å². The lowest BCUT2D eigenvalue weighted by molar-refractivity contribution is 0.0527. The minimum Gasteiger partial charge on any atom is -0.481 e. The number of carbonyl (C=O) groups is 1. The van der Waals surface area contributed by atoms with Crippen LogP contribution in [-0.4, -0.2) is 65.6 Å². The predicted molar refractivity (Wildman–Crippen MR) is 94.5 cm³/mol. The van der Waals surface area contributed by atoms with Crippen molar-refractivity contribution >= 4 is 5.91 Å². The highest BCUT2D eigenvalue weighted by Gasteiger charge is 2.24. The van der Waals surface area contributed by atoms with Crippen LogP contribution in [0.2, 0.25) is 0 Å². The summed E-state index contributed by atoms with van der Waals surface area (Å²) in [5, 5.41) is 10.3. The summed E-state index contributed by atoms with van der Waals surface area (Å²) in [5.41, 5.74) is 1.49. The number of β-amino-alcohol motifs (C(OH)–C–C–N with tert-alkyl or cyclic N) is 1. The average molecular weight is 341 g/mol. The fourth-order valence-electron chi connectivity index (χ4n) is 2.97. The minimum atomic E-state index is -0.505. The van der Waals surface area contributed by atoms with E-state index >= 15 is 0 Å². The quantitative estimate of drug-likeness (QED) is 0.894. The van der Waals surface area contributed by atoms with E-state index in [0.717, 1.165) is 18.7 Å². The number of pyridine rings is 1. The van der Waals surface area contributed by atoms with Gasteiger partial charge in [0.1, 0.15) is 0 Å². The van der Waals surface area contributed by atoms with Gasteiger partial charge in [-0.2, -0.15) is 0 Å². The Morgan fingerprint density at radius 3 is 2.48 bits per heavy atom. The van der Waals surface area contributed by atoms with E-state index in [4.69, 9.17) is 4.74 Å².